The molecule has 2 aromatic rings. The maximum atomic E-state index is 11.4. The Morgan fingerprint density at radius 3 is 2.90 bits per heavy atom. The zero-order chi connectivity index (χ0) is 14.4. The topological polar surface area (TPSA) is 77.8 Å². The number of hydrogen-bond acceptors (Lipinski definition) is 5. The van der Waals surface area contributed by atoms with Crippen molar-refractivity contribution in [1.82, 2.24) is 5.32 Å². The molecule has 20 heavy (non-hydrogen) atoms. The zero-order valence-electron chi connectivity index (χ0n) is 11.0. The Morgan fingerprint density at radius 2 is 2.10 bits per heavy atom. The maximum absolute atomic E-state index is 11.4. The quantitative estimate of drug-likeness (QED) is 0.628. The van der Waals surface area contributed by atoms with E-state index in [1.165, 1.54) is 6.07 Å². The Bertz CT molecular complexity index is 649. The SMILES string of the molecule is COCCNC(=O)COc1ccc2ccc(=O)oc2c1. The van der Waals surface area contributed by atoms with Gasteiger partial charge in [0.15, 0.2) is 6.61 Å². The summed E-state index contributed by atoms with van der Waals surface area (Å²) in [5.74, 6) is 0.227. The third kappa shape index (κ3) is 3.83. The predicted molar refractivity (Wildman–Crippen MR) is 72.9 cm³/mol. The van der Waals surface area contributed by atoms with Gasteiger partial charge in [-0.05, 0) is 18.2 Å². The van der Waals surface area contributed by atoms with Crippen molar-refractivity contribution in [1.29, 1.82) is 0 Å². The van der Waals surface area contributed by atoms with E-state index in [-0.39, 0.29) is 12.5 Å². The number of methoxy groups -OCH3 is 1. The first kappa shape index (κ1) is 14.1. The number of nitrogens with one attached hydrogen (secondary N) is 1. The van der Waals surface area contributed by atoms with Gasteiger partial charge in [0.25, 0.3) is 5.91 Å². The normalized spacial score (nSPS) is 10.4. The third-order valence-electron chi connectivity index (χ3n) is 2.59. The van der Waals surface area contributed by atoms with Crippen LogP contribution in [0.5, 0.6) is 5.75 Å². The van der Waals surface area contributed by atoms with Crippen molar-refractivity contribution in [3.63, 3.8) is 0 Å². The molecule has 0 atom stereocenters. The smallest absolute Gasteiger partial charge is 0.336 e. The van der Waals surface area contributed by atoms with E-state index in [2.05, 4.69) is 5.32 Å². The van der Waals surface area contributed by atoms with Crippen LogP contribution in [0.15, 0.2) is 39.5 Å². The highest BCUT2D eigenvalue weighted by atomic mass is 16.5. The van der Waals surface area contributed by atoms with Gasteiger partial charge in [-0.3, -0.25) is 4.79 Å². The van der Waals surface area contributed by atoms with Crippen LogP contribution in [-0.4, -0.2) is 32.8 Å². The summed E-state index contributed by atoms with van der Waals surface area (Å²) in [6.45, 7) is 0.782. The van der Waals surface area contributed by atoms with Crippen molar-refractivity contribution >= 4 is 16.9 Å². The van der Waals surface area contributed by atoms with Crippen molar-refractivity contribution < 1.29 is 18.7 Å². The number of carbonyl (C=O) groups excluding carboxylic acids is 1. The molecule has 0 saturated carbocycles. The molecule has 1 heterocycles. The van der Waals surface area contributed by atoms with Crippen LogP contribution in [0.3, 0.4) is 0 Å². The first-order valence-corrected chi connectivity index (χ1v) is 6.11. The Kier molecular flexibility index (Phi) is 4.73. The van der Waals surface area contributed by atoms with Gasteiger partial charge in [-0.2, -0.15) is 0 Å². The van der Waals surface area contributed by atoms with Gasteiger partial charge in [0.05, 0.1) is 6.61 Å². The molecule has 106 valence electrons. The van der Waals surface area contributed by atoms with Crippen LogP contribution in [-0.2, 0) is 9.53 Å². The third-order valence-corrected chi connectivity index (χ3v) is 2.59. The maximum Gasteiger partial charge on any atom is 0.336 e. The van der Waals surface area contributed by atoms with E-state index in [4.69, 9.17) is 13.9 Å². The van der Waals surface area contributed by atoms with Crippen LogP contribution < -0.4 is 15.7 Å². The van der Waals surface area contributed by atoms with Gasteiger partial charge in [0.1, 0.15) is 11.3 Å². The molecule has 1 amide bonds. The minimum Gasteiger partial charge on any atom is -0.484 e. The average Bonchev–Trinajstić information content (AvgIpc) is 2.45. The van der Waals surface area contributed by atoms with Crippen LogP contribution in [0.4, 0.5) is 0 Å². The molecule has 0 radical (unpaired) electrons. The lowest BCUT2D eigenvalue weighted by Crippen LogP contribution is -2.31. The summed E-state index contributed by atoms with van der Waals surface area (Å²) in [5, 5.41) is 3.43. The second-order valence-electron chi connectivity index (χ2n) is 4.09. The summed E-state index contributed by atoms with van der Waals surface area (Å²) in [5.41, 5.74) is 0.00162. The Morgan fingerprint density at radius 1 is 1.30 bits per heavy atom. The fraction of sp³-hybridized carbons (Fsp3) is 0.286. The summed E-state index contributed by atoms with van der Waals surface area (Å²) >= 11 is 0. The zero-order valence-corrected chi connectivity index (χ0v) is 11.0. The molecule has 1 aromatic carbocycles. The number of benzene rings is 1. The second-order valence-corrected chi connectivity index (χ2v) is 4.09. The van der Waals surface area contributed by atoms with E-state index >= 15 is 0 Å². The highest BCUT2D eigenvalue weighted by molar-refractivity contribution is 5.79. The van der Waals surface area contributed by atoms with Crippen LogP contribution in [0.1, 0.15) is 0 Å². The molecule has 0 aliphatic heterocycles. The highest BCUT2D eigenvalue weighted by Crippen LogP contribution is 2.19. The molecule has 0 aliphatic rings. The first-order valence-electron chi connectivity index (χ1n) is 6.11. The lowest BCUT2D eigenvalue weighted by atomic mass is 10.2. The van der Waals surface area contributed by atoms with Crippen molar-refractivity contribution in [3.8, 4) is 5.75 Å². The van der Waals surface area contributed by atoms with E-state index < -0.39 is 5.63 Å². The van der Waals surface area contributed by atoms with Crippen LogP contribution >= 0.6 is 0 Å². The molecule has 0 aliphatic carbocycles. The van der Waals surface area contributed by atoms with Crippen LogP contribution in [0.2, 0.25) is 0 Å². The lowest BCUT2D eigenvalue weighted by Gasteiger charge is -2.07. The lowest BCUT2D eigenvalue weighted by molar-refractivity contribution is -0.123. The number of fused-ring (bicyclic) bond motifs is 1. The summed E-state index contributed by atoms with van der Waals surface area (Å²) < 4.78 is 15.2. The predicted octanol–water partition coefficient (Wildman–Crippen LogP) is 0.934. The first-order chi connectivity index (χ1) is 9.69. The van der Waals surface area contributed by atoms with E-state index in [0.717, 1.165) is 5.39 Å². The molecule has 0 unspecified atom stereocenters. The molecule has 6 nitrogen and oxygen atoms in total. The average molecular weight is 277 g/mol. The van der Waals surface area contributed by atoms with Gasteiger partial charge in [0.2, 0.25) is 0 Å². The molecule has 2 rings (SSSR count). The minimum absolute atomic E-state index is 0.105. The minimum atomic E-state index is -0.424. The van der Waals surface area contributed by atoms with E-state index in [0.29, 0.717) is 24.5 Å². The van der Waals surface area contributed by atoms with Gasteiger partial charge in [-0.1, -0.05) is 0 Å². The Balaban J connectivity index is 1.96. The molecular weight excluding hydrogens is 262 g/mol. The second kappa shape index (κ2) is 6.72. The number of amides is 1. The van der Waals surface area contributed by atoms with E-state index in [1.54, 1.807) is 31.4 Å². The summed E-state index contributed by atoms with van der Waals surface area (Å²) in [7, 11) is 1.56. The highest BCUT2D eigenvalue weighted by Gasteiger charge is 2.04. The molecule has 0 spiro atoms. The monoisotopic (exact) mass is 277 g/mol. The van der Waals surface area contributed by atoms with Crippen molar-refractivity contribution in [2.24, 2.45) is 0 Å². The van der Waals surface area contributed by atoms with Crippen LogP contribution in [0.25, 0.3) is 11.0 Å². The molecule has 1 N–H and O–H groups in total. The molecule has 0 bridgehead atoms. The largest absolute Gasteiger partial charge is 0.484 e. The molecular formula is C14H15NO5. The molecule has 6 heteroatoms. The van der Waals surface area contributed by atoms with Gasteiger partial charge >= 0.3 is 5.63 Å². The van der Waals surface area contributed by atoms with Gasteiger partial charge < -0.3 is 19.2 Å². The summed E-state index contributed by atoms with van der Waals surface area (Å²) in [6.07, 6.45) is 0. The number of rotatable bonds is 6. The van der Waals surface area contributed by atoms with Crippen LogP contribution in [0, 0.1) is 0 Å². The summed E-state index contributed by atoms with van der Waals surface area (Å²) in [6, 6.07) is 8.08. The fourth-order valence-corrected chi connectivity index (χ4v) is 1.62. The van der Waals surface area contributed by atoms with Crippen molar-refractivity contribution in [3.05, 3.63) is 40.8 Å². The van der Waals surface area contributed by atoms with Gasteiger partial charge in [-0.15, -0.1) is 0 Å². The molecule has 0 fully saturated rings. The van der Waals surface area contributed by atoms with Gasteiger partial charge in [-0.25, -0.2) is 4.79 Å². The van der Waals surface area contributed by atoms with Crippen molar-refractivity contribution in [2.75, 3.05) is 26.9 Å². The standard InChI is InChI=1S/C14H15NO5/c1-18-7-6-15-13(16)9-19-11-4-2-10-3-5-14(17)20-12(10)8-11/h2-5,8H,6-7,9H2,1H3,(H,15,16). The number of hydrogen-bond donors (Lipinski definition) is 1. The van der Waals surface area contributed by atoms with E-state index in [9.17, 15) is 9.59 Å². The van der Waals surface area contributed by atoms with Crippen molar-refractivity contribution in [2.45, 2.75) is 0 Å². The Hall–Kier alpha value is -2.34. The number of ether oxygens (including phenoxy) is 2. The van der Waals surface area contributed by atoms with Gasteiger partial charge in [0, 0.05) is 31.2 Å². The molecule has 0 saturated heterocycles. The summed E-state index contributed by atoms with van der Waals surface area (Å²) in [4.78, 5) is 22.6. The Labute approximate surface area is 115 Å². The fourth-order valence-electron chi connectivity index (χ4n) is 1.62. The molecule has 1 aromatic heterocycles. The van der Waals surface area contributed by atoms with E-state index in [1.807, 2.05) is 0 Å². The number of carbonyl (C=O) groups is 1.